The molecular formula is C22H26ClN2O2+. The molecule has 5 heteroatoms. The fraction of sp³-hybridized carbons (Fsp3) is 0.409. The van der Waals surface area contributed by atoms with Crippen molar-refractivity contribution in [2.24, 2.45) is 5.92 Å². The van der Waals surface area contributed by atoms with Crippen LogP contribution in [-0.2, 0) is 24.3 Å². The molecule has 4 rings (SSSR count). The molecule has 2 heterocycles. The van der Waals surface area contributed by atoms with Crippen molar-refractivity contribution in [3.05, 3.63) is 64.2 Å². The molecule has 1 fully saturated rings. The average Bonchev–Trinajstić information content (AvgIpc) is 3.19. The van der Waals surface area contributed by atoms with E-state index in [-0.39, 0.29) is 11.8 Å². The summed E-state index contributed by atoms with van der Waals surface area (Å²) in [5.74, 6) is 0.707. The van der Waals surface area contributed by atoms with Gasteiger partial charge in [-0.15, -0.1) is 0 Å². The van der Waals surface area contributed by atoms with Crippen molar-refractivity contribution in [2.75, 3.05) is 19.7 Å². The summed E-state index contributed by atoms with van der Waals surface area (Å²) in [7, 11) is 0. The monoisotopic (exact) mass is 385 g/mol. The predicted octanol–water partition coefficient (Wildman–Crippen LogP) is 2.39. The third-order valence-corrected chi connectivity index (χ3v) is 5.86. The largest absolute Gasteiger partial charge is 0.492 e. The van der Waals surface area contributed by atoms with Gasteiger partial charge in [-0.3, -0.25) is 4.79 Å². The van der Waals surface area contributed by atoms with Crippen molar-refractivity contribution in [2.45, 2.75) is 32.4 Å². The molecule has 0 bridgehead atoms. The van der Waals surface area contributed by atoms with E-state index >= 15 is 0 Å². The molecule has 0 radical (unpaired) electrons. The van der Waals surface area contributed by atoms with E-state index in [1.54, 1.807) is 4.90 Å². The normalized spacial score (nSPS) is 19.4. The molecule has 0 unspecified atom stereocenters. The Kier molecular flexibility index (Phi) is 5.65. The summed E-state index contributed by atoms with van der Waals surface area (Å²) in [6.45, 7) is 4.54. The van der Waals surface area contributed by atoms with E-state index in [0.717, 1.165) is 17.9 Å². The topological polar surface area (TPSA) is 42.8 Å². The van der Waals surface area contributed by atoms with Crippen LogP contribution in [0.1, 0.15) is 29.5 Å². The second-order valence-corrected chi connectivity index (χ2v) is 8.02. The van der Waals surface area contributed by atoms with Crippen LogP contribution in [0.2, 0.25) is 5.02 Å². The Balaban J connectivity index is 1.37. The number of amides is 1. The summed E-state index contributed by atoms with van der Waals surface area (Å²) in [6, 6.07) is 14.0. The quantitative estimate of drug-likeness (QED) is 0.829. The van der Waals surface area contributed by atoms with Crippen LogP contribution in [0, 0.1) is 5.92 Å². The molecule has 27 heavy (non-hydrogen) atoms. The zero-order valence-electron chi connectivity index (χ0n) is 15.5. The van der Waals surface area contributed by atoms with Crippen LogP contribution in [-0.4, -0.2) is 25.6 Å². The van der Waals surface area contributed by atoms with E-state index in [9.17, 15) is 4.79 Å². The van der Waals surface area contributed by atoms with Crippen LogP contribution >= 0.6 is 11.6 Å². The fourth-order valence-electron chi connectivity index (χ4n) is 4.08. The average molecular weight is 386 g/mol. The van der Waals surface area contributed by atoms with Gasteiger partial charge in [0.15, 0.2) is 0 Å². The zero-order valence-corrected chi connectivity index (χ0v) is 16.2. The Bertz CT molecular complexity index is 818. The summed E-state index contributed by atoms with van der Waals surface area (Å²) in [4.78, 5) is 14.3. The molecule has 0 aromatic heterocycles. The van der Waals surface area contributed by atoms with E-state index in [1.807, 2.05) is 24.3 Å². The minimum atomic E-state index is -0.174. The van der Waals surface area contributed by atoms with Crippen LogP contribution in [0.3, 0.4) is 0 Å². The second-order valence-electron chi connectivity index (χ2n) is 7.58. The van der Waals surface area contributed by atoms with Gasteiger partial charge in [-0.25, -0.2) is 0 Å². The fourth-order valence-corrected chi connectivity index (χ4v) is 4.28. The number of carbonyl (C=O) groups is 1. The Hall–Kier alpha value is -2.04. The van der Waals surface area contributed by atoms with Gasteiger partial charge in [-0.2, -0.15) is 0 Å². The van der Waals surface area contributed by atoms with Crippen molar-refractivity contribution >= 4 is 17.5 Å². The van der Waals surface area contributed by atoms with Crippen molar-refractivity contribution < 1.29 is 14.4 Å². The summed E-state index contributed by atoms with van der Waals surface area (Å²) >= 11 is 6.07. The first-order valence-corrected chi connectivity index (χ1v) is 10.2. The molecule has 2 aliphatic rings. The maximum Gasteiger partial charge on any atom is 0.227 e. The van der Waals surface area contributed by atoms with Gasteiger partial charge in [0.05, 0.1) is 19.0 Å². The van der Waals surface area contributed by atoms with Crippen molar-refractivity contribution in [3.63, 3.8) is 0 Å². The molecule has 2 aromatic carbocycles. The summed E-state index contributed by atoms with van der Waals surface area (Å²) in [6.07, 6.45) is 3.31. The van der Waals surface area contributed by atoms with Gasteiger partial charge < -0.3 is 15.0 Å². The minimum Gasteiger partial charge on any atom is -0.492 e. The lowest BCUT2D eigenvalue weighted by Gasteiger charge is -2.25. The molecule has 2 N–H and O–H groups in total. The third-order valence-electron chi connectivity index (χ3n) is 5.62. The maximum absolute atomic E-state index is 12.7. The maximum atomic E-state index is 12.7. The lowest BCUT2D eigenvalue weighted by molar-refractivity contribution is -0.901. The predicted molar refractivity (Wildman–Crippen MR) is 106 cm³/mol. The molecule has 1 amide bonds. The van der Waals surface area contributed by atoms with E-state index in [0.29, 0.717) is 24.6 Å². The van der Waals surface area contributed by atoms with E-state index in [4.69, 9.17) is 16.3 Å². The number of benzene rings is 2. The van der Waals surface area contributed by atoms with Gasteiger partial charge in [0.2, 0.25) is 5.91 Å². The molecule has 0 saturated carbocycles. The Morgan fingerprint density at radius 3 is 2.74 bits per heavy atom. The third kappa shape index (κ3) is 4.45. The highest BCUT2D eigenvalue weighted by molar-refractivity contribution is 6.30. The minimum absolute atomic E-state index is 0.0453. The van der Waals surface area contributed by atoms with E-state index in [2.05, 4.69) is 23.5 Å². The highest BCUT2D eigenvalue weighted by Crippen LogP contribution is 2.29. The molecular weight excluding hydrogens is 360 g/mol. The Morgan fingerprint density at radius 2 is 1.93 bits per heavy atom. The van der Waals surface area contributed by atoms with Crippen LogP contribution in [0.25, 0.3) is 0 Å². The number of ether oxygens (including phenoxy) is 1. The number of halogens is 1. The highest BCUT2D eigenvalue weighted by Gasteiger charge is 2.26. The molecule has 2 aromatic rings. The van der Waals surface area contributed by atoms with E-state index in [1.165, 1.54) is 37.1 Å². The number of quaternary nitrogens is 1. The van der Waals surface area contributed by atoms with Crippen LogP contribution in [0.4, 0.5) is 0 Å². The first-order chi connectivity index (χ1) is 13.2. The van der Waals surface area contributed by atoms with Crippen molar-refractivity contribution in [1.29, 1.82) is 0 Å². The van der Waals surface area contributed by atoms with Crippen molar-refractivity contribution in [3.8, 4) is 5.75 Å². The molecule has 1 atom stereocenters. The van der Waals surface area contributed by atoms with Crippen LogP contribution in [0.5, 0.6) is 5.75 Å². The van der Waals surface area contributed by atoms with Gasteiger partial charge in [0.25, 0.3) is 0 Å². The Morgan fingerprint density at radius 1 is 1.15 bits per heavy atom. The molecule has 2 aliphatic heterocycles. The van der Waals surface area contributed by atoms with Gasteiger partial charge in [0.1, 0.15) is 18.9 Å². The van der Waals surface area contributed by atoms with Crippen molar-refractivity contribution in [1.82, 2.24) is 5.32 Å². The highest BCUT2D eigenvalue weighted by atomic mass is 35.5. The number of carbonyl (C=O) groups excluding carboxylic acids is 1. The summed E-state index contributed by atoms with van der Waals surface area (Å²) in [5.41, 5.74) is 3.56. The van der Waals surface area contributed by atoms with Gasteiger partial charge in [-0.1, -0.05) is 35.9 Å². The number of rotatable bonds is 5. The number of nitrogens with one attached hydrogen (secondary N) is 2. The summed E-state index contributed by atoms with van der Waals surface area (Å²) in [5, 5.41) is 3.80. The number of hydrogen-bond donors (Lipinski definition) is 2. The molecule has 0 aliphatic carbocycles. The number of likely N-dealkylation sites (tertiary alicyclic amines) is 1. The molecule has 142 valence electrons. The summed E-state index contributed by atoms with van der Waals surface area (Å²) < 4.78 is 5.75. The standard InChI is InChI=1S/C22H25ClN2O2/c23-20-7-8-21-18(12-20)11-19(15-27-21)22(26)24-13-16-5-1-2-6-17(16)14-25-9-3-4-10-25/h1-2,5-8,12,19H,3-4,9-11,13-15H2,(H,24,26)/p+1/t19-/m1/s1. The SMILES string of the molecule is O=C(NCc1ccccc1C[NH+]1CCCC1)[C@H]1COc2ccc(Cl)cc2C1. The van der Waals surface area contributed by atoms with Gasteiger partial charge in [-0.05, 0) is 35.7 Å². The zero-order chi connectivity index (χ0) is 18.6. The van der Waals surface area contributed by atoms with E-state index < -0.39 is 0 Å². The number of hydrogen-bond acceptors (Lipinski definition) is 2. The molecule has 1 saturated heterocycles. The first kappa shape index (κ1) is 18.3. The molecule has 0 spiro atoms. The van der Waals surface area contributed by atoms with Gasteiger partial charge in [0, 0.05) is 30.0 Å². The lowest BCUT2D eigenvalue weighted by atomic mass is 9.96. The second kappa shape index (κ2) is 8.32. The van der Waals surface area contributed by atoms with Crippen LogP contribution < -0.4 is 15.0 Å². The van der Waals surface area contributed by atoms with Gasteiger partial charge >= 0.3 is 0 Å². The van der Waals surface area contributed by atoms with Crippen LogP contribution in [0.15, 0.2) is 42.5 Å². The lowest BCUT2D eigenvalue weighted by Crippen LogP contribution is -3.08. The smallest absolute Gasteiger partial charge is 0.227 e. The molecule has 4 nitrogen and oxygen atoms in total. The Labute approximate surface area is 165 Å². The first-order valence-electron chi connectivity index (χ1n) is 9.78. The number of fused-ring (bicyclic) bond motifs is 1.